The van der Waals surface area contributed by atoms with Crippen LogP contribution in [0.4, 0.5) is 0 Å². The van der Waals surface area contributed by atoms with E-state index >= 15 is 0 Å². The number of ether oxygens (including phenoxy) is 2. The Bertz CT molecular complexity index is 1120. The van der Waals surface area contributed by atoms with Crippen molar-refractivity contribution >= 4 is 40.9 Å². The van der Waals surface area contributed by atoms with Crippen LogP contribution in [0.15, 0.2) is 41.1 Å². The summed E-state index contributed by atoms with van der Waals surface area (Å²) in [5, 5.41) is 51.4. The minimum atomic E-state index is -2.30. The van der Waals surface area contributed by atoms with Gasteiger partial charge in [0.05, 0.1) is 24.9 Å². The van der Waals surface area contributed by atoms with Crippen molar-refractivity contribution in [1.29, 1.82) is 0 Å². The average Bonchev–Trinajstić information content (AvgIpc) is 3.47. The molecule has 6 N–H and O–H groups in total. The SMILES string of the molecule is CCSCCCO[C@]1(C(=O)O)CC(O)[C@@H](NC(C)=O)[C@H]([C@H](O)[C@H](O)CNC(=O)c2ccc(-c3ccsc3)cc2)O1. The Kier molecular flexibility index (Phi) is 11.9. The zero-order valence-electron chi connectivity index (χ0n) is 22.3. The molecule has 0 bridgehead atoms. The molecule has 1 aliphatic rings. The van der Waals surface area contributed by atoms with E-state index in [9.17, 15) is 34.8 Å². The second-order valence-corrected chi connectivity index (χ2v) is 11.6. The lowest BCUT2D eigenvalue weighted by Gasteiger charge is -2.46. The maximum atomic E-state index is 12.7. The zero-order chi connectivity index (χ0) is 29.3. The quantitative estimate of drug-likeness (QED) is 0.175. The fourth-order valence-electron chi connectivity index (χ4n) is 4.37. The smallest absolute Gasteiger partial charge is 0.364 e. The van der Waals surface area contributed by atoms with Crippen molar-refractivity contribution in [3.63, 3.8) is 0 Å². The predicted molar refractivity (Wildman–Crippen MR) is 151 cm³/mol. The first-order valence-electron chi connectivity index (χ1n) is 12.9. The summed E-state index contributed by atoms with van der Waals surface area (Å²) in [6.07, 6.45) is -6.45. The maximum absolute atomic E-state index is 12.7. The molecule has 1 aromatic heterocycles. The third kappa shape index (κ3) is 8.26. The Morgan fingerprint density at radius 2 is 1.93 bits per heavy atom. The molecule has 3 rings (SSSR count). The van der Waals surface area contributed by atoms with Gasteiger partial charge < -0.3 is 40.5 Å². The van der Waals surface area contributed by atoms with Crippen molar-refractivity contribution in [3.8, 4) is 11.1 Å². The van der Waals surface area contributed by atoms with Crippen LogP contribution in [-0.2, 0) is 19.1 Å². The number of thioether (sulfide) groups is 1. The molecule has 1 saturated heterocycles. The van der Waals surface area contributed by atoms with Crippen LogP contribution in [0.5, 0.6) is 0 Å². The fraction of sp³-hybridized carbons (Fsp3) is 0.519. The topological polar surface area (TPSA) is 175 Å². The van der Waals surface area contributed by atoms with Crippen LogP contribution >= 0.6 is 23.1 Å². The summed E-state index contributed by atoms with van der Waals surface area (Å²) in [5.74, 6) is -3.25. The van der Waals surface area contributed by atoms with Crippen molar-refractivity contribution < 1.29 is 44.3 Å². The number of nitrogens with one attached hydrogen (secondary N) is 2. The number of carboxylic acid groups (broad SMARTS) is 1. The number of benzene rings is 1. The highest BCUT2D eigenvalue weighted by Crippen LogP contribution is 2.34. The van der Waals surface area contributed by atoms with E-state index in [1.807, 2.05) is 23.8 Å². The number of aliphatic hydroxyl groups is 3. The molecule has 2 heterocycles. The minimum absolute atomic E-state index is 0.0173. The van der Waals surface area contributed by atoms with Crippen LogP contribution in [0.25, 0.3) is 11.1 Å². The zero-order valence-corrected chi connectivity index (χ0v) is 24.0. The Morgan fingerprint density at radius 3 is 2.52 bits per heavy atom. The molecular weight excluding hydrogens is 560 g/mol. The number of carboxylic acids is 1. The number of amides is 2. The van der Waals surface area contributed by atoms with Gasteiger partial charge in [-0.05, 0) is 58.0 Å². The van der Waals surface area contributed by atoms with Crippen LogP contribution < -0.4 is 10.6 Å². The summed E-state index contributed by atoms with van der Waals surface area (Å²) < 4.78 is 11.3. The predicted octanol–water partition coefficient (Wildman–Crippen LogP) is 1.46. The molecule has 1 aromatic carbocycles. The second-order valence-electron chi connectivity index (χ2n) is 9.39. The van der Waals surface area contributed by atoms with E-state index in [2.05, 4.69) is 10.6 Å². The molecule has 1 fully saturated rings. The summed E-state index contributed by atoms with van der Waals surface area (Å²) in [6, 6.07) is 7.58. The van der Waals surface area contributed by atoms with Gasteiger partial charge in [-0.1, -0.05) is 19.1 Å². The van der Waals surface area contributed by atoms with Gasteiger partial charge in [0.2, 0.25) is 5.91 Å². The normalized spacial score (nSPS) is 24.2. The highest BCUT2D eigenvalue weighted by atomic mass is 32.2. The van der Waals surface area contributed by atoms with Gasteiger partial charge in [0.1, 0.15) is 12.2 Å². The van der Waals surface area contributed by atoms with Gasteiger partial charge in [-0.2, -0.15) is 23.1 Å². The van der Waals surface area contributed by atoms with Gasteiger partial charge >= 0.3 is 5.97 Å². The molecule has 11 nitrogen and oxygen atoms in total. The van der Waals surface area contributed by atoms with E-state index in [1.54, 1.807) is 47.4 Å². The number of aliphatic hydroxyl groups excluding tert-OH is 3. The number of carbonyl (C=O) groups is 3. The van der Waals surface area contributed by atoms with E-state index in [-0.39, 0.29) is 6.61 Å². The fourth-order valence-corrected chi connectivity index (χ4v) is 5.65. The van der Waals surface area contributed by atoms with Gasteiger partial charge in [-0.3, -0.25) is 9.59 Å². The number of hydrogen-bond donors (Lipinski definition) is 6. The Morgan fingerprint density at radius 1 is 1.20 bits per heavy atom. The average molecular weight is 597 g/mol. The first-order valence-corrected chi connectivity index (χ1v) is 15.0. The third-order valence-corrected chi connectivity index (χ3v) is 8.11. The number of rotatable bonds is 14. The van der Waals surface area contributed by atoms with Crippen molar-refractivity contribution in [2.45, 2.75) is 62.9 Å². The van der Waals surface area contributed by atoms with Crippen LogP contribution in [0.3, 0.4) is 0 Å². The van der Waals surface area contributed by atoms with E-state index in [4.69, 9.17) is 9.47 Å². The van der Waals surface area contributed by atoms with Gasteiger partial charge in [-0.25, -0.2) is 4.79 Å². The molecule has 1 aliphatic heterocycles. The molecule has 0 saturated carbocycles. The Hall–Kier alpha value is -2.52. The lowest BCUT2D eigenvalue weighted by Crippen LogP contribution is -2.68. The molecule has 40 heavy (non-hydrogen) atoms. The summed E-state index contributed by atoms with van der Waals surface area (Å²) in [5.41, 5.74) is 2.30. The van der Waals surface area contributed by atoms with Crippen LogP contribution in [0, 0.1) is 0 Å². The highest BCUT2D eigenvalue weighted by molar-refractivity contribution is 7.99. The van der Waals surface area contributed by atoms with Crippen molar-refractivity contribution in [2.75, 3.05) is 24.7 Å². The summed E-state index contributed by atoms with van der Waals surface area (Å²) in [6.45, 7) is 2.79. The molecule has 13 heteroatoms. The number of thiophene rings is 1. The molecule has 2 aromatic rings. The highest BCUT2D eigenvalue weighted by Gasteiger charge is 2.55. The first-order chi connectivity index (χ1) is 19.1. The van der Waals surface area contributed by atoms with E-state index in [0.29, 0.717) is 12.0 Å². The maximum Gasteiger partial charge on any atom is 0.364 e. The van der Waals surface area contributed by atoms with Crippen LogP contribution in [0.2, 0.25) is 0 Å². The second kappa shape index (κ2) is 14.9. The molecule has 6 atom stereocenters. The molecule has 1 unspecified atom stereocenters. The van der Waals surface area contributed by atoms with Gasteiger partial charge in [0.15, 0.2) is 0 Å². The van der Waals surface area contributed by atoms with Crippen LogP contribution in [0.1, 0.15) is 37.0 Å². The molecule has 220 valence electrons. The van der Waals surface area contributed by atoms with Gasteiger partial charge in [0, 0.05) is 25.5 Å². The van der Waals surface area contributed by atoms with Gasteiger partial charge in [-0.15, -0.1) is 0 Å². The molecule has 0 aliphatic carbocycles. The summed E-state index contributed by atoms with van der Waals surface area (Å²) in [7, 11) is 0. The van der Waals surface area contributed by atoms with E-state index < -0.39 is 67.0 Å². The van der Waals surface area contributed by atoms with Crippen molar-refractivity contribution in [1.82, 2.24) is 10.6 Å². The molecule has 2 amide bonds. The minimum Gasteiger partial charge on any atom is -0.477 e. The number of carbonyl (C=O) groups excluding carboxylic acids is 2. The largest absolute Gasteiger partial charge is 0.477 e. The lowest BCUT2D eigenvalue weighted by molar-refractivity contribution is -0.310. The van der Waals surface area contributed by atoms with E-state index in [0.717, 1.165) is 22.6 Å². The summed E-state index contributed by atoms with van der Waals surface area (Å²) in [4.78, 5) is 36.7. The molecule has 0 spiro atoms. The number of hydrogen-bond acceptors (Lipinski definition) is 10. The Balaban J connectivity index is 1.69. The summed E-state index contributed by atoms with van der Waals surface area (Å²) >= 11 is 3.21. The first kappa shape index (κ1) is 32.0. The van der Waals surface area contributed by atoms with E-state index in [1.165, 1.54) is 6.92 Å². The standard InChI is InChI=1S/C27H36N2O9S2/c1-3-39-11-4-10-37-27(26(35)36)13-20(31)22(29-16(2)30)24(38-27)23(33)21(32)14-28-25(34)18-7-5-17(6-8-18)19-9-12-40-15-19/h5-9,12,15,20-24,31-33H,3-4,10-11,13-14H2,1-2H3,(H,28,34)(H,29,30)(H,35,36)/t20?,21-,22-,23-,24-,27-/m1/s1. The van der Waals surface area contributed by atoms with Crippen molar-refractivity contribution in [2.24, 2.45) is 0 Å². The molecule has 0 radical (unpaired) electrons. The van der Waals surface area contributed by atoms with Crippen molar-refractivity contribution in [3.05, 3.63) is 46.7 Å². The Labute approximate surface area is 240 Å². The van der Waals surface area contributed by atoms with Gasteiger partial charge in [0.25, 0.3) is 11.7 Å². The molecular formula is C27H36N2O9S2. The third-order valence-electron chi connectivity index (χ3n) is 6.45. The monoisotopic (exact) mass is 596 g/mol. The lowest BCUT2D eigenvalue weighted by atomic mass is 9.88. The number of aliphatic carboxylic acids is 1. The van der Waals surface area contributed by atoms with Crippen LogP contribution in [-0.4, -0.2) is 99.1 Å².